The van der Waals surface area contributed by atoms with Crippen molar-refractivity contribution in [1.29, 1.82) is 0 Å². The number of unbranched alkanes of at least 4 members (excludes halogenated alkanes) is 3. The lowest BCUT2D eigenvalue weighted by atomic mass is 10.2. The van der Waals surface area contributed by atoms with Gasteiger partial charge in [-0.3, -0.25) is 10.0 Å². The summed E-state index contributed by atoms with van der Waals surface area (Å²) in [5.41, 5.74) is 0. The molecule has 0 spiro atoms. The predicted octanol–water partition coefficient (Wildman–Crippen LogP) is 3.49. The molecule has 0 bridgehead atoms. The summed E-state index contributed by atoms with van der Waals surface area (Å²) in [5.74, 6) is 0. The normalized spacial score (nSPS) is 21.2. The zero-order chi connectivity index (χ0) is 13.9. The number of hydrogen-bond donors (Lipinski definition) is 0. The monoisotopic (exact) mass is 278 g/mol. The molecule has 2 fully saturated rings. The Morgan fingerprint density at radius 1 is 0.600 bits per heavy atom. The summed E-state index contributed by atoms with van der Waals surface area (Å²) >= 11 is 0. The Morgan fingerprint density at radius 2 is 1.00 bits per heavy atom. The molecule has 0 amide bonds. The number of rotatable bonds is 7. The number of piperidine rings is 2. The smallest absolute Gasteiger partial charge is 0.0360 e. The summed E-state index contributed by atoms with van der Waals surface area (Å²) in [5, 5.41) is 13.5. The van der Waals surface area contributed by atoms with E-state index in [1.165, 1.54) is 51.4 Å². The third-order valence-electron chi connectivity index (χ3n) is 4.07. The highest BCUT2D eigenvalue weighted by molar-refractivity contribution is 5.58. The summed E-state index contributed by atoms with van der Waals surface area (Å²) in [6.07, 6.45) is 16.9. The molecule has 2 rings (SSSR count). The van der Waals surface area contributed by atoms with Gasteiger partial charge in [0, 0.05) is 38.6 Å². The SMILES string of the molecule is C(/CCCC/C=N/N1CCCCC1)=N\N1CCCCC1. The Balaban J connectivity index is 1.44. The molecule has 2 aliphatic rings. The Bertz CT molecular complexity index is 259. The molecule has 0 saturated carbocycles. The van der Waals surface area contributed by atoms with E-state index in [-0.39, 0.29) is 0 Å². The van der Waals surface area contributed by atoms with Crippen molar-refractivity contribution in [2.45, 2.75) is 64.2 Å². The van der Waals surface area contributed by atoms with Crippen molar-refractivity contribution in [3.05, 3.63) is 0 Å². The zero-order valence-electron chi connectivity index (χ0n) is 12.8. The quantitative estimate of drug-likeness (QED) is 0.527. The molecule has 0 N–H and O–H groups in total. The molecule has 114 valence electrons. The van der Waals surface area contributed by atoms with Gasteiger partial charge in [-0.1, -0.05) is 0 Å². The first-order chi connectivity index (χ1) is 9.95. The first-order valence-corrected chi connectivity index (χ1v) is 8.50. The maximum absolute atomic E-state index is 4.54. The number of hydrazone groups is 2. The molecule has 0 aromatic heterocycles. The fraction of sp³-hybridized carbons (Fsp3) is 0.875. The summed E-state index contributed by atoms with van der Waals surface area (Å²) in [6.45, 7) is 4.61. The molecule has 2 aliphatic heterocycles. The molecule has 4 nitrogen and oxygen atoms in total. The average molecular weight is 278 g/mol. The van der Waals surface area contributed by atoms with Crippen LogP contribution in [0.4, 0.5) is 0 Å². The van der Waals surface area contributed by atoms with Crippen LogP contribution in [0.1, 0.15) is 64.2 Å². The minimum atomic E-state index is 1.11. The first kappa shape index (κ1) is 15.3. The van der Waals surface area contributed by atoms with Crippen LogP contribution in [0.15, 0.2) is 10.2 Å². The van der Waals surface area contributed by atoms with Gasteiger partial charge in [-0.2, -0.15) is 10.2 Å². The van der Waals surface area contributed by atoms with E-state index in [0.717, 1.165) is 39.0 Å². The van der Waals surface area contributed by atoms with Crippen LogP contribution in [0.25, 0.3) is 0 Å². The standard InChI is InChI=1S/C16H30N4/c1(5-11-17-19-13-7-3-8-14-19)2-6-12-18-20-15-9-4-10-16-20/h11-12H,1-10,13-16H2/b17-11+,18-12+. The van der Waals surface area contributed by atoms with Gasteiger partial charge in [0.1, 0.15) is 0 Å². The van der Waals surface area contributed by atoms with Gasteiger partial charge in [0.05, 0.1) is 0 Å². The molecule has 0 atom stereocenters. The lowest BCUT2D eigenvalue weighted by Crippen LogP contribution is -2.24. The molecule has 2 saturated heterocycles. The fourth-order valence-corrected chi connectivity index (χ4v) is 2.80. The van der Waals surface area contributed by atoms with Crippen LogP contribution in [-0.4, -0.2) is 48.6 Å². The van der Waals surface area contributed by atoms with Gasteiger partial charge in [0.25, 0.3) is 0 Å². The third-order valence-corrected chi connectivity index (χ3v) is 4.07. The Hall–Kier alpha value is -1.06. The second kappa shape index (κ2) is 9.78. The molecule has 0 aromatic rings. The summed E-state index contributed by atoms with van der Waals surface area (Å²) < 4.78 is 0. The Morgan fingerprint density at radius 3 is 1.40 bits per heavy atom. The minimum absolute atomic E-state index is 1.11. The van der Waals surface area contributed by atoms with Crippen molar-refractivity contribution < 1.29 is 0 Å². The maximum atomic E-state index is 4.54. The van der Waals surface area contributed by atoms with Crippen LogP contribution < -0.4 is 0 Å². The largest absolute Gasteiger partial charge is 0.297 e. The third kappa shape index (κ3) is 6.40. The van der Waals surface area contributed by atoms with Crippen LogP contribution in [0.2, 0.25) is 0 Å². The van der Waals surface area contributed by atoms with Gasteiger partial charge in [0.2, 0.25) is 0 Å². The highest BCUT2D eigenvalue weighted by Gasteiger charge is 2.06. The van der Waals surface area contributed by atoms with E-state index in [2.05, 4.69) is 32.6 Å². The van der Waals surface area contributed by atoms with Gasteiger partial charge in [-0.15, -0.1) is 0 Å². The summed E-state index contributed by atoms with van der Waals surface area (Å²) in [7, 11) is 0. The maximum Gasteiger partial charge on any atom is 0.0360 e. The van der Waals surface area contributed by atoms with E-state index in [4.69, 9.17) is 0 Å². The highest BCUT2D eigenvalue weighted by Crippen LogP contribution is 2.09. The Kier molecular flexibility index (Phi) is 7.50. The van der Waals surface area contributed by atoms with Crippen molar-refractivity contribution in [3.63, 3.8) is 0 Å². The van der Waals surface area contributed by atoms with E-state index in [1.807, 2.05) is 0 Å². The van der Waals surface area contributed by atoms with E-state index >= 15 is 0 Å². The van der Waals surface area contributed by atoms with Crippen LogP contribution >= 0.6 is 0 Å². The lowest BCUT2D eigenvalue weighted by molar-refractivity contribution is 0.239. The molecular formula is C16H30N4. The Labute approximate surface area is 123 Å². The number of hydrogen-bond acceptors (Lipinski definition) is 4. The zero-order valence-corrected chi connectivity index (χ0v) is 12.8. The highest BCUT2D eigenvalue weighted by atomic mass is 15.4. The van der Waals surface area contributed by atoms with Crippen molar-refractivity contribution in [1.82, 2.24) is 10.0 Å². The van der Waals surface area contributed by atoms with E-state index < -0.39 is 0 Å². The van der Waals surface area contributed by atoms with Crippen LogP contribution in [0, 0.1) is 0 Å². The number of nitrogens with zero attached hydrogens (tertiary/aromatic N) is 4. The fourth-order valence-electron chi connectivity index (χ4n) is 2.80. The second-order valence-corrected chi connectivity index (χ2v) is 5.91. The second-order valence-electron chi connectivity index (χ2n) is 5.91. The van der Waals surface area contributed by atoms with Gasteiger partial charge in [-0.25, -0.2) is 0 Å². The van der Waals surface area contributed by atoms with Gasteiger partial charge in [0.15, 0.2) is 0 Å². The van der Waals surface area contributed by atoms with Crippen LogP contribution in [-0.2, 0) is 0 Å². The molecule has 2 heterocycles. The van der Waals surface area contributed by atoms with E-state index in [0.29, 0.717) is 0 Å². The van der Waals surface area contributed by atoms with Crippen molar-refractivity contribution in [2.75, 3.05) is 26.2 Å². The van der Waals surface area contributed by atoms with Crippen molar-refractivity contribution in [3.8, 4) is 0 Å². The molecule has 20 heavy (non-hydrogen) atoms. The van der Waals surface area contributed by atoms with E-state index in [1.54, 1.807) is 0 Å². The predicted molar refractivity (Wildman–Crippen MR) is 86.3 cm³/mol. The molecule has 4 heteroatoms. The van der Waals surface area contributed by atoms with Gasteiger partial charge in [-0.05, 0) is 64.2 Å². The summed E-state index contributed by atoms with van der Waals surface area (Å²) in [4.78, 5) is 0. The first-order valence-electron chi connectivity index (χ1n) is 8.50. The van der Waals surface area contributed by atoms with Crippen LogP contribution in [0.5, 0.6) is 0 Å². The molecule has 0 radical (unpaired) electrons. The molecule has 0 aromatic carbocycles. The van der Waals surface area contributed by atoms with Gasteiger partial charge < -0.3 is 0 Å². The van der Waals surface area contributed by atoms with Crippen molar-refractivity contribution in [2.24, 2.45) is 10.2 Å². The van der Waals surface area contributed by atoms with Crippen LogP contribution in [0.3, 0.4) is 0 Å². The van der Waals surface area contributed by atoms with Crippen molar-refractivity contribution >= 4 is 12.4 Å². The van der Waals surface area contributed by atoms with E-state index in [9.17, 15) is 0 Å². The summed E-state index contributed by atoms with van der Waals surface area (Å²) in [6, 6.07) is 0. The average Bonchev–Trinajstić information content (AvgIpc) is 2.52. The van der Waals surface area contributed by atoms with Gasteiger partial charge >= 0.3 is 0 Å². The molecular weight excluding hydrogens is 248 g/mol. The minimum Gasteiger partial charge on any atom is -0.297 e. The topological polar surface area (TPSA) is 31.2 Å². The molecule has 0 aliphatic carbocycles. The molecule has 0 unspecified atom stereocenters. The lowest BCUT2D eigenvalue weighted by Gasteiger charge is -2.23.